The van der Waals surface area contributed by atoms with Crippen LogP contribution < -0.4 is 10.0 Å². The first kappa shape index (κ1) is 19.2. The maximum Gasteiger partial charge on any atom is 0.264 e. The molecular formula is C17H13Cl2N3O4S. The molecule has 0 saturated carbocycles. The molecule has 0 aliphatic rings. The molecule has 0 fully saturated rings. The minimum absolute atomic E-state index is 0.0663. The zero-order chi connectivity index (χ0) is 19.4. The average molecular weight is 426 g/mol. The van der Waals surface area contributed by atoms with Gasteiger partial charge in [-0.15, -0.1) is 0 Å². The lowest BCUT2D eigenvalue weighted by Crippen LogP contribution is -2.24. The molecule has 0 aliphatic heterocycles. The molecule has 140 valence electrons. The van der Waals surface area contributed by atoms with Gasteiger partial charge in [-0.1, -0.05) is 35.3 Å². The Morgan fingerprint density at radius 3 is 2.56 bits per heavy atom. The van der Waals surface area contributed by atoms with Crippen LogP contribution in [0.25, 0.3) is 0 Å². The number of rotatable bonds is 6. The van der Waals surface area contributed by atoms with Crippen molar-refractivity contribution in [1.82, 2.24) is 10.3 Å². The molecule has 0 unspecified atom stereocenters. The van der Waals surface area contributed by atoms with Crippen LogP contribution in [-0.4, -0.2) is 19.3 Å². The Morgan fingerprint density at radius 2 is 1.85 bits per heavy atom. The molecule has 0 bridgehead atoms. The number of pyridine rings is 1. The highest BCUT2D eigenvalue weighted by atomic mass is 35.5. The Kier molecular flexibility index (Phi) is 5.69. The van der Waals surface area contributed by atoms with Gasteiger partial charge in [-0.2, -0.15) is 0 Å². The van der Waals surface area contributed by atoms with Crippen molar-refractivity contribution >= 4 is 44.8 Å². The van der Waals surface area contributed by atoms with E-state index in [0.29, 0.717) is 5.76 Å². The van der Waals surface area contributed by atoms with Crippen molar-refractivity contribution in [3.63, 3.8) is 0 Å². The third kappa shape index (κ3) is 4.60. The van der Waals surface area contributed by atoms with Crippen molar-refractivity contribution in [3.05, 3.63) is 76.4 Å². The first-order valence-electron chi connectivity index (χ1n) is 7.61. The van der Waals surface area contributed by atoms with Gasteiger partial charge in [-0.3, -0.25) is 9.52 Å². The number of para-hydroxylation sites is 1. The Morgan fingerprint density at radius 1 is 1.07 bits per heavy atom. The van der Waals surface area contributed by atoms with Gasteiger partial charge >= 0.3 is 0 Å². The van der Waals surface area contributed by atoms with E-state index in [9.17, 15) is 13.2 Å². The molecule has 7 nitrogen and oxygen atoms in total. The van der Waals surface area contributed by atoms with Crippen molar-refractivity contribution in [2.75, 3.05) is 4.72 Å². The number of hydrogen-bond donors (Lipinski definition) is 2. The number of furan rings is 1. The lowest BCUT2D eigenvalue weighted by molar-refractivity contribution is 0.0949. The van der Waals surface area contributed by atoms with Crippen LogP contribution in [0.2, 0.25) is 10.3 Å². The molecule has 1 amide bonds. The summed E-state index contributed by atoms with van der Waals surface area (Å²) in [4.78, 5) is 15.9. The number of carbonyl (C=O) groups is 1. The van der Waals surface area contributed by atoms with Crippen LogP contribution in [0.1, 0.15) is 16.1 Å². The van der Waals surface area contributed by atoms with E-state index in [2.05, 4.69) is 15.0 Å². The van der Waals surface area contributed by atoms with Crippen LogP contribution in [0, 0.1) is 0 Å². The number of nitrogens with zero attached hydrogens (tertiary/aromatic N) is 1. The predicted molar refractivity (Wildman–Crippen MR) is 101 cm³/mol. The number of carbonyl (C=O) groups excluding carboxylic acids is 1. The Bertz CT molecular complexity index is 1070. The number of benzene rings is 1. The molecule has 0 saturated heterocycles. The fourth-order valence-electron chi connectivity index (χ4n) is 2.25. The van der Waals surface area contributed by atoms with E-state index < -0.39 is 15.9 Å². The lowest BCUT2D eigenvalue weighted by Gasteiger charge is -2.13. The van der Waals surface area contributed by atoms with E-state index in [4.69, 9.17) is 27.6 Å². The predicted octanol–water partition coefficient (Wildman–Crippen LogP) is 3.71. The summed E-state index contributed by atoms with van der Waals surface area (Å²) in [5, 5.41) is 2.46. The summed E-state index contributed by atoms with van der Waals surface area (Å²) >= 11 is 11.6. The Labute approximate surface area is 165 Å². The third-order valence-corrected chi connectivity index (χ3v) is 5.50. The maximum atomic E-state index is 12.6. The van der Waals surface area contributed by atoms with Crippen LogP contribution >= 0.6 is 23.2 Å². The molecular weight excluding hydrogens is 413 g/mol. The van der Waals surface area contributed by atoms with Gasteiger partial charge in [0, 0.05) is 0 Å². The van der Waals surface area contributed by atoms with E-state index in [1.165, 1.54) is 30.5 Å². The van der Waals surface area contributed by atoms with Crippen LogP contribution in [0.5, 0.6) is 0 Å². The molecule has 1 aromatic carbocycles. The molecule has 0 spiro atoms. The zero-order valence-corrected chi connectivity index (χ0v) is 16.0. The van der Waals surface area contributed by atoms with Crippen LogP contribution in [0.15, 0.2) is 64.1 Å². The summed E-state index contributed by atoms with van der Waals surface area (Å²) < 4.78 is 32.8. The summed E-state index contributed by atoms with van der Waals surface area (Å²) in [6.07, 6.45) is 1.49. The molecule has 2 heterocycles. The molecule has 0 radical (unpaired) electrons. The van der Waals surface area contributed by atoms with Crippen molar-refractivity contribution in [2.24, 2.45) is 0 Å². The van der Waals surface area contributed by atoms with Gasteiger partial charge in [0.05, 0.1) is 24.1 Å². The largest absolute Gasteiger partial charge is 0.467 e. The van der Waals surface area contributed by atoms with Crippen molar-refractivity contribution in [3.8, 4) is 0 Å². The fourth-order valence-corrected chi connectivity index (χ4v) is 3.99. The van der Waals surface area contributed by atoms with E-state index in [-0.39, 0.29) is 33.0 Å². The highest BCUT2D eigenvalue weighted by Gasteiger charge is 2.22. The second-order valence-electron chi connectivity index (χ2n) is 5.34. The summed E-state index contributed by atoms with van der Waals surface area (Å²) in [5.74, 6) is 0.102. The summed E-state index contributed by atoms with van der Waals surface area (Å²) in [7, 11) is -4.08. The molecule has 0 aliphatic carbocycles. The van der Waals surface area contributed by atoms with E-state index in [1.807, 2.05) is 0 Å². The van der Waals surface area contributed by atoms with Crippen LogP contribution in [-0.2, 0) is 16.6 Å². The molecule has 3 aromatic rings. The average Bonchev–Trinajstić information content (AvgIpc) is 3.13. The van der Waals surface area contributed by atoms with Crippen molar-refractivity contribution in [2.45, 2.75) is 11.4 Å². The first-order chi connectivity index (χ1) is 12.9. The maximum absolute atomic E-state index is 12.6. The highest BCUT2D eigenvalue weighted by molar-refractivity contribution is 7.92. The van der Waals surface area contributed by atoms with Gasteiger partial charge in [-0.25, -0.2) is 13.4 Å². The Hall–Kier alpha value is -2.55. The fraction of sp³-hybridized carbons (Fsp3) is 0.0588. The van der Waals surface area contributed by atoms with Gasteiger partial charge in [0.25, 0.3) is 15.9 Å². The Balaban J connectivity index is 1.84. The number of nitrogens with one attached hydrogen (secondary N) is 2. The van der Waals surface area contributed by atoms with E-state index in [1.54, 1.807) is 24.3 Å². The standard InChI is InChI=1S/C17H13Cl2N3O4S/c18-15-8-7-14(16(19)21-15)27(24,25)22-13-6-2-1-5-12(13)17(23)20-10-11-4-3-9-26-11/h1-9,22H,10H2,(H,20,23). The minimum Gasteiger partial charge on any atom is -0.467 e. The van der Waals surface area contributed by atoms with Gasteiger partial charge < -0.3 is 9.73 Å². The van der Waals surface area contributed by atoms with E-state index in [0.717, 1.165) is 0 Å². The molecule has 27 heavy (non-hydrogen) atoms. The number of aromatic nitrogens is 1. The summed E-state index contributed by atoms with van der Waals surface area (Å²) in [6, 6.07) is 12.1. The normalized spacial score (nSPS) is 11.2. The lowest BCUT2D eigenvalue weighted by atomic mass is 10.1. The molecule has 10 heteroatoms. The number of hydrogen-bond acceptors (Lipinski definition) is 5. The van der Waals surface area contributed by atoms with Gasteiger partial charge in [0.2, 0.25) is 0 Å². The van der Waals surface area contributed by atoms with Crippen molar-refractivity contribution in [1.29, 1.82) is 0 Å². The second kappa shape index (κ2) is 7.99. The van der Waals surface area contributed by atoms with Crippen molar-refractivity contribution < 1.29 is 17.6 Å². The summed E-state index contributed by atoms with van der Waals surface area (Å²) in [5.41, 5.74) is 0.242. The number of amides is 1. The third-order valence-electron chi connectivity index (χ3n) is 3.49. The molecule has 0 atom stereocenters. The topological polar surface area (TPSA) is 101 Å². The SMILES string of the molecule is O=C(NCc1ccco1)c1ccccc1NS(=O)(=O)c1ccc(Cl)nc1Cl. The van der Waals surface area contributed by atoms with Crippen LogP contribution in [0.3, 0.4) is 0 Å². The van der Waals surface area contributed by atoms with E-state index >= 15 is 0 Å². The molecule has 2 N–H and O–H groups in total. The number of sulfonamides is 1. The zero-order valence-electron chi connectivity index (χ0n) is 13.6. The number of anilines is 1. The van der Waals surface area contributed by atoms with Gasteiger partial charge in [0.1, 0.15) is 15.8 Å². The minimum atomic E-state index is -4.08. The van der Waals surface area contributed by atoms with Gasteiger partial charge in [-0.05, 0) is 36.4 Å². The summed E-state index contributed by atoms with van der Waals surface area (Å²) in [6.45, 7) is 0.167. The smallest absolute Gasteiger partial charge is 0.264 e. The number of halogens is 2. The van der Waals surface area contributed by atoms with Gasteiger partial charge in [0.15, 0.2) is 5.15 Å². The second-order valence-corrected chi connectivity index (χ2v) is 7.73. The highest BCUT2D eigenvalue weighted by Crippen LogP contribution is 2.25. The monoisotopic (exact) mass is 425 g/mol. The molecule has 3 rings (SSSR count). The quantitative estimate of drug-likeness (QED) is 0.586. The van der Waals surface area contributed by atoms with Crippen LogP contribution in [0.4, 0.5) is 5.69 Å². The molecule has 2 aromatic heterocycles. The first-order valence-corrected chi connectivity index (χ1v) is 9.85.